The second-order valence-corrected chi connectivity index (χ2v) is 17.3. The topological polar surface area (TPSA) is 23.4 Å². The van der Waals surface area contributed by atoms with Crippen LogP contribution >= 0.6 is 0 Å². The maximum Gasteiger partial charge on any atom is 0.231 e. The standard InChI is InChI=1S/C42H50FNO2/c1-25-17-29(43)22-33-32-18-28(42(11,12)23-39(2,3)4)21-36(38(32)46-24-45-37(25)33)44-34-19-26(40(5,6)7)13-15-30(34)31-16-14-27(20-35(31)44)41(8,9)10/h13-22H,23-24H2,1-12H3. The van der Waals surface area contributed by atoms with E-state index in [-0.39, 0.29) is 34.3 Å². The highest BCUT2D eigenvalue weighted by Gasteiger charge is 2.32. The minimum absolute atomic E-state index is 0.0299. The Hall–Kier alpha value is -3.79. The van der Waals surface area contributed by atoms with Crippen LogP contribution in [0.2, 0.25) is 0 Å². The van der Waals surface area contributed by atoms with Crippen molar-refractivity contribution in [2.45, 2.75) is 106 Å². The van der Waals surface area contributed by atoms with E-state index in [0.717, 1.165) is 39.8 Å². The zero-order chi connectivity index (χ0) is 33.6. The fraction of sp³-hybridized carbons (Fsp3) is 0.429. The Morgan fingerprint density at radius 1 is 0.630 bits per heavy atom. The molecule has 0 amide bonds. The maximum absolute atomic E-state index is 15.1. The van der Waals surface area contributed by atoms with E-state index in [4.69, 9.17) is 9.47 Å². The minimum atomic E-state index is -0.282. The van der Waals surface area contributed by atoms with Crippen LogP contribution in [0.1, 0.15) is 105 Å². The summed E-state index contributed by atoms with van der Waals surface area (Å²) in [6.07, 6.45) is 0.972. The molecule has 1 aliphatic rings. The van der Waals surface area contributed by atoms with Crippen molar-refractivity contribution in [2.24, 2.45) is 5.41 Å². The second-order valence-electron chi connectivity index (χ2n) is 17.3. The Morgan fingerprint density at radius 2 is 1.15 bits per heavy atom. The van der Waals surface area contributed by atoms with Gasteiger partial charge in [-0.2, -0.15) is 0 Å². The normalized spacial score (nSPS) is 14.1. The molecule has 6 rings (SSSR count). The van der Waals surface area contributed by atoms with E-state index in [1.807, 2.05) is 6.92 Å². The largest absolute Gasteiger partial charge is 0.457 e. The summed E-state index contributed by atoms with van der Waals surface area (Å²) in [7, 11) is 0. The van der Waals surface area contributed by atoms with Gasteiger partial charge in [0, 0.05) is 21.9 Å². The summed E-state index contributed by atoms with van der Waals surface area (Å²) >= 11 is 0. The van der Waals surface area contributed by atoms with Gasteiger partial charge in [-0.1, -0.05) is 100 Å². The summed E-state index contributed by atoms with van der Waals surface area (Å²) in [6, 6.07) is 21.4. The van der Waals surface area contributed by atoms with E-state index < -0.39 is 0 Å². The number of fused-ring (bicyclic) bond motifs is 6. The van der Waals surface area contributed by atoms with Gasteiger partial charge in [0.1, 0.15) is 11.6 Å². The van der Waals surface area contributed by atoms with E-state index in [1.54, 1.807) is 6.07 Å². The number of hydrogen-bond donors (Lipinski definition) is 0. The molecule has 1 aromatic heterocycles. The Morgan fingerprint density at radius 3 is 1.67 bits per heavy atom. The molecule has 0 fully saturated rings. The van der Waals surface area contributed by atoms with Crippen LogP contribution in [-0.4, -0.2) is 11.4 Å². The first-order valence-corrected chi connectivity index (χ1v) is 16.6. The van der Waals surface area contributed by atoms with E-state index in [1.165, 1.54) is 33.5 Å². The Bertz CT molecular complexity index is 1920. The molecule has 0 radical (unpaired) electrons. The summed E-state index contributed by atoms with van der Waals surface area (Å²) in [5.74, 6) is 1.10. The molecule has 5 aromatic rings. The number of hydrogen-bond acceptors (Lipinski definition) is 2. The lowest BCUT2D eigenvalue weighted by atomic mass is 9.71. The van der Waals surface area contributed by atoms with E-state index in [0.29, 0.717) is 11.5 Å². The molecule has 0 saturated heterocycles. The third-order valence-corrected chi connectivity index (χ3v) is 9.50. The van der Waals surface area contributed by atoms with Gasteiger partial charge in [0.05, 0.1) is 16.7 Å². The molecule has 4 aromatic carbocycles. The lowest BCUT2D eigenvalue weighted by Gasteiger charge is -2.34. The van der Waals surface area contributed by atoms with Crippen LogP contribution in [0.5, 0.6) is 11.5 Å². The Balaban J connectivity index is 1.80. The third kappa shape index (κ3) is 5.69. The molecule has 0 bridgehead atoms. The number of rotatable bonds is 3. The van der Waals surface area contributed by atoms with Crippen molar-refractivity contribution >= 4 is 21.8 Å². The van der Waals surface area contributed by atoms with Crippen molar-refractivity contribution in [3.63, 3.8) is 0 Å². The molecule has 0 N–H and O–H groups in total. The van der Waals surface area contributed by atoms with Gasteiger partial charge in [-0.3, -0.25) is 0 Å². The average molecular weight is 620 g/mol. The van der Waals surface area contributed by atoms with Gasteiger partial charge in [0.15, 0.2) is 5.75 Å². The zero-order valence-electron chi connectivity index (χ0n) is 29.8. The quantitative estimate of drug-likeness (QED) is 0.201. The summed E-state index contributed by atoms with van der Waals surface area (Å²) in [5, 5.41) is 2.40. The van der Waals surface area contributed by atoms with Crippen molar-refractivity contribution in [3.05, 3.63) is 88.7 Å². The molecule has 0 unspecified atom stereocenters. The van der Waals surface area contributed by atoms with E-state index >= 15 is 4.39 Å². The molecule has 1 aliphatic heterocycles. The van der Waals surface area contributed by atoms with Crippen molar-refractivity contribution in [3.8, 4) is 28.3 Å². The Labute approximate surface area is 274 Å². The number of halogens is 1. The predicted octanol–water partition coefficient (Wildman–Crippen LogP) is 11.9. The molecular weight excluding hydrogens is 569 g/mol. The highest BCUT2D eigenvalue weighted by molar-refractivity contribution is 6.10. The van der Waals surface area contributed by atoms with Crippen LogP contribution in [-0.2, 0) is 16.2 Å². The fourth-order valence-corrected chi connectivity index (χ4v) is 7.43. The highest BCUT2D eigenvalue weighted by Crippen LogP contribution is 2.49. The van der Waals surface area contributed by atoms with Gasteiger partial charge in [-0.15, -0.1) is 0 Å². The maximum atomic E-state index is 15.1. The van der Waals surface area contributed by atoms with Crippen molar-refractivity contribution < 1.29 is 13.9 Å². The van der Waals surface area contributed by atoms with Crippen LogP contribution in [0.4, 0.5) is 4.39 Å². The van der Waals surface area contributed by atoms with Crippen LogP contribution in [0.25, 0.3) is 38.6 Å². The van der Waals surface area contributed by atoms with Gasteiger partial charge in [-0.25, -0.2) is 4.39 Å². The first kappa shape index (κ1) is 32.2. The lowest BCUT2D eigenvalue weighted by Crippen LogP contribution is -2.25. The summed E-state index contributed by atoms with van der Waals surface area (Å²) < 4.78 is 30.3. The molecule has 0 atom stereocenters. The third-order valence-electron chi connectivity index (χ3n) is 9.50. The molecular formula is C42H50FNO2. The van der Waals surface area contributed by atoms with E-state index in [2.05, 4.69) is 129 Å². The van der Waals surface area contributed by atoms with Crippen LogP contribution in [0, 0.1) is 18.2 Å². The lowest BCUT2D eigenvalue weighted by molar-refractivity contribution is 0.124. The van der Waals surface area contributed by atoms with Gasteiger partial charge >= 0.3 is 0 Å². The van der Waals surface area contributed by atoms with Crippen molar-refractivity contribution in [1.29, 1.82) is 0 Å². The molecule has 2 heterocycles. The summed E-state index contributed by atoms with van der Waals surface area (Å²) in [4.78, 5) is 0. The molecule has 0 spiro atoms. The van der Waals surface area contributed by atoms with Crippen molar-refractivity contribution in [2.75, 3.05) is 6.79 Å². The van der Waals surface area contributed by atoms with Gasteiger partial charge in [0.2, 0.25) is 6.79 Å². The van der Waals surface area contributed by atoms with E-state index in [9.17, 15) is 0 Å². The SMILES string of the molecule is Cc1cc(F)cc2c1OCOc1c-2cc(C(C)(C)CC(C)(C)C)cc1-n1c2cc(C(C)(C)C)ccc2c2ccc(C(C)(C)C)cc21. The molecule has 46 heavy (non-hydrogen) atoms. The highest BCUT2D eigenvalue weighted by atomic mass is 19.1. The smallest absolute Gasteiger partial charge is 0.231 e. The molecule has 0 saturated carbocycles. The molecule has 242 valence electrons. The number of benzene rings is 4. The summed E-state index contributed by atoms with van der Waals surface area (Å²) in [6.45, 7) is 27.0. The second kappa shape index (κ2) is 10.6. The van der Waals surface area contributed by atoms with Gasteiger partial charge in [0.25, 0.3) is 0 Å². The van der Waals surface area contributed by atoms with Gasteiger partial charge in [-0.05, 0) is 93.7 Å². The van der Waals surface area contributed by atoms with Crippen LogP contribution < -0.4 is 9.47 Å². The molecule has 0 aliphatic carbocycles. The number of aryl methyl sites for hydroxylation is 1. The van der Waals surface area contributed by atoms with Crippen LogP contribution in [0.15, 0.2) is 60.7 Å². The van der Waals surface area contributed by atoms with Gasteiger partial charge < -0.3 is 14.0 Å². The summed E-state index contributed by atoms with van der Waals surface area (Å²) in [5.41, 5.74) is 9.14. The minimum Gasteiger partial charge on any atom is -0.457 e. The monoisotopic (exact) mass is 619 g/mol. The Kier molecular flexibility index (Phi) is 7.43. The number of aromatic nitrogens is 1. The predicted molar refractivity (Wildman–Crippen MR) is 192 cm³/mol. The fourth-order valence-electron chi connectivity index (χ4n) is 7.43. The molecule has 4 heteroatoms. The zero-order valence-corrected chi connectivity index (χ0v) is 29.8. The van der Waals surface area contributed by atoms with Crippen LogP contribution in [0.3, 0.4) is 0 Å². The van der Waals surface area contributed by atoms with Crippen molar-refractivity contribution in [1.82, 2.24) is 4.57 Å². The molecule has 3 nitrogen and oxygen atoms in total. The average Bonchev–Trinajstić information content (AvgIpc) is 3.12. The first-order chi connectivity index (χ1) is 21.2. The number of ether oxygens (including phenoxy) is 2. The number of nitrogens with zero attached hydrogens (tertiary/aromatic N) is 1. The first-order valence-electron chi connectivity index (χ1n) is 16.6.